The highest BCUT2D eigenvalue weighted by atomic mass is 35.5. The highest BCUT2D eigenvalue weighted by Crippen LogP contribution is 2.28. The minimum Gasteiger partial charge on any atom is -0.307 e. The standard InChI is InChI=1S/C10H9Cl2NO2/c1-6(14)10(15)13(2)9-4-3-7(11)5-8(9)12/h3-5H,1-2H3. The van der Waals surface area contributed by atoms with Crippen molar-refractivity contribution in [2.45, 2.75) is 6.92 Å². The van der Waals surface area contributed by atoms with Gasteiger partial charge in [0.25, 0.3) is 5.91 Å². The molecule has 0 N–H and O–H groups in total. The van der Waals surface area contributed by atoms with Crippen LogP contribution in [0.3, 0.4) is 0 Å². The monoisotopic (exact) mass is 245 g/mol. The molecule has 80 valence electrons. The molecular weight excluding hydrogens is 237 g/mol. The fourth-order valence-electron chi connectivity index (χ4n) is 1.10. The zero-order valence-corrected chi connectivity index (χ0v) is 9.76. The van der Waals surface area contributed by atoms with Gasteiger partial charge in [0.15, 0.2) is 0 Å². The average Bonchev–Trinajstić information content (AvgIpc) is 2.15. The lowest BCUT2D eigenvalue weighted by Crippen LogP contribution is -2.31. The Morgan fingerprint density at radius 1 is 1.27 bits per heavy atom. The summed E-state index contributed by atoms with van der Waals surface area (Å²) in [5.74, 6) is -1.15. The molecule has 0 aliphatic carbocycles. The Hall–Kier alpha value is -1.06. The van der Waals surface area contributed by atoms with Crippen LogP contribution in [0.15, 0.2) is 18.2 Å². The Labute approximate surface area is 97.6 Å². The molecule has 0 fully saturated rings. The van der Waals surface area contributed by atoms with Crippen molar-refractivity contribution < 1.29 is 9.59 Å². The number of carbonyl (C=O) groups is 2. The second-order valence-electron chi connectivity index (χ2n) is 3.02. The zero-order chi connectivity index (χ0) is 11.6. The number of carbonyl (C=O) groups excluding carboxylic acids is 2. The number of benzene rings is 1. The van der Waals surface area contributed by atoms with Crippen LogP contribution in [0.2, 0.25) is 10.0 Å². The summed E-state index contributed by atoms with van der Waals surface area (Å²) in [6, 6.07) is 4.71. The maximum atomic E-state index is 11.4. The third-order valence-corrected chi connectivity index (χ3v) is 2.41. The summed E-state index contributed by atoms with van der Waals surface area (Å²) < 4.78 is 0. The van der Waals surface area contributed by atoms with E-state index >= 15 is 0 Å². The van der Waals surface area contributed by atoms with E-state index in [1.165, 1.54) is 24.9 Å². The maximum Gasteiger partial charge on any atom is 0.293 e. The van der Waals surface area contributed by atoms with Crippen molar-refractivity contribution in [2.24, 2.45) is 0 Å². The smallest absolute Gasteiger partial charge is 0.293 e. The fourth-order valence-corrected chi connectivity index (χ4v) is 1.63. The molecule has 1 amide bonds. The first-order valence-corrected chi connectivity index (χ1v) is 4.92. The largest absolute Gasteiger partial charge is 0.307 e. The van der Waals surface area contributed by atoms with E-state index in [2.05, 4.69) is 0 Å². The van der Waals surface area contributed by atoms with Gasteiger partial charge < -0.3 is 4.90 Å². The summed E-state index contributed by atoms with van der Waals surface area (Å²) in [5, 5.41) is 0.812. The molecule has 0 heterocycles. The predicted molar refractivity (Wildman–Crippen MR) is 60.6 cm³/mol. The van der Waals surface area contributed by atoms with Crippen molar-refractivity contribution in [3.05, 3.63) is 28.2 Å². The predicted octanol–water partition coefficient (Wildman–Crippen LogP) is 2.55. The molecule has 5 heteroatoms. The Bertz CT molecular complexity index is 418. The SMILES string of the molecule is CC(=O)C(=O)N(C)c1ccc(Cl)cc1Cl. The Morgan fingerprint density at radius 2 is 1.87 bits per heavy atom. The molecule has 0 saturated carbocycles. The number of hydrogen-bond acceptors (Lipinski definition) is 2. The first-order chi connectivity index (χ1) is 6.93. The number of amides is 1. The van der Waals surface area contributed by atoms with Crippen LogP contribution in [0.25, 0.3) is 0 Å². The molecule has 15 heavy (non-hydrogen) atoms. The van der Waals surface area contributed by atoms with Crippen LogP contribution in [0.4, 0.5) is 5.69 Å². The van der Waals surface area contributed by atoms with Gasteiger partial charge in [-0.05, 0) is 18.2 Å². The summed E-state index contributed by atoms with van der Waals surface area (Å²) >= 11 is 11.6. The number of anilines is 1. The Morgan fingerprint density at radius 3 is 2.33 bits per heavy atom. The number of halogens is 2. The van der Waals surface area contributed by atoms with Gasteiger partial charge >= 0.3 is 0 Å². The van der Waals surface area contributed by atoms with Gasteiger partial charge in [-0.1, -0.05) is 23.2 Å². The van der Waals surface area contributed by atoms with Crippen LogP contribution in [0.5, 0.6) is 0 Å². The van der Waals surface area contributed by atoms with Gasteiger partial charge in [-0.2, -0.15) is 0 Å². The topological polar surface area (TPSA) is 37.4 Å². The third kappa shape index (κ3) is 2.70. The molecule has 0 aliphatic heterocycles. The third-order valence-electron chi connectivity index (χ3n) is 1.88. The van der Waals surface area contributed by atoms with Gasteiger partial charge in [-0.3, -0.25) is 9.59 Å². The fraction of sp³-hybridized carbons (Fsp3) is 0.200. The van der Waals surface area contributed by atoms with Crippen LogP contribution < -0.4 is 4.90 Å². The van der Waals surface area contributed by atoms with E-state index in [4.69, 9.17) is 23.2 Å². The molecular formula is C10H9Cl2NO2. The van der Waals surface area contributed by atoms with Crippen molar-refractivity contribution in [3.63, 3.8) is 0 Å². The second kappa shape index (κ2) is 4.64. The van der Waals surface area contributed by atoms with Gasteiger partial charge in [-0.15, -0.1) is 0 Å². The lowest BCUT2D eigenvalue weighted by Gasteiger charge is -2.16. The highest BCUT2D eigenvalue weighted by Gasteiger charge is 2.17. The number of hydrogen-bond donors (Lipinski definition) is 0. The number of Topliss-reactive ketones (excluding diaryl/α,β-unsaturated/α-hetero) is 1. The molecule has 0 spiro atoms. The summed E-state index contributed by atoms with van der Waals surface area (Å²) in [6.45, 7) is 1.21. The van der Waals surface area contributed by atoms with Crippen molar-refractivity contribution in [3.8, 4) is 0 Å². The minimum atomic E-state index is -0.612. The first-order valence-electron chi connectivity index (χ1n) is 4.17. The highest BCUT2D eigenvalue weighted by molar-refractivity contribution is 6.42. The van der Waals surface area contributed by atoms with Crippen molar-refractivity contribution in [2.75, 3.05) is 11.9 Å². The molecule has 0 atom stereocenters. The molecule has 0 unspecified atom stereocenters. The van der Waals surface area contributed by atoms with E-state index in [1.807, 2.05) is 0 Å². The lowest BCUT2D eigenvalue weighted by molar-refractivity contribution is -0.134. The molecule has 0 aromatic heterocycles. The van der Waals surface area contributed by atoms with Crippen LogP contribution in [-0.2, 0) is 9.59 Å². The van der Waals surface area contributed by atoms with Crippen LogP contribution >= 0.6 is 23.2 Å². The van der Waals surface area contributed by atoms with Gasteiger partial charge in [0, 0.05) is 19.0 Å². The van der Waals surface area contributed by atoms with Crippen LogP contribution in [0.1, 0.15) is 6.92 Å². The van der Waals surface area contributed by atoms with Crippen molar-refractivity contribution in [1.82, 2.24) is 0 Å². The van der Waals surface area contributed by atoms with Gasteiger partial charge in [0.1, 0.15) is 0 Å². The summed E-state index contributed by atoms with van der Waals surface area (Å²) in [7, 11) is 1.48. The molecule has 1 aromatic rings. The van der Waals surface area contributed by atoms with Crippen LogP contribution in [0, 0.1) is 0 Å². The van der Waals surface area contributed by atoms with E-state index in [0.29, 0.717) is 15.7 Å². The Balaban J connectivity index is 3.06. The molecule has 3 nitrogen and oxygen atoms in total. The van der Waals surface area contributed by atoms with Crippen LogP contribution in [-0.4, -0.2) is 18.7 Å². The second-order valence-corrected chi connectivity index (χ2v) is 3.86. The van der Waals surface area contributed by atoms with E-state index in [0.717, 1.165) is 0 Å². The molecule has 0 radical (unpaired) electrons. The number of rotatable bonds is 2. The lowest BCUT2D eigenvalue weighted by atomic mass is 10.2. The average molecular weight is 246 g/mol. The van der Waals surface area contributed by atoms with Gasteiger partial charge in [0.05, 0.1) is 10.7 Å². The summed E-state index contributed by atoms with van der Waals surface area (Å²) in [4.78, 5) is 23.4. The zero-order valence-electron chi connectivity index (χ0n) is 8.25. The van der Waals surface area contributed by atoms with Crippen molar-refractivity contribution in [1.29, 1.82) is 0 Å². The minimum absolute atomic E-state index is 0.333. The van der Waals surface area contributed by atoms with Gasteiger partial charge in [-0.25, -0.2) is 0 Å². The Kier molecular flexibility index (Phi) is 3.72. The number of likely N-dealkylation sites (N-methyl/N-ethyl adjacent to an activating group) is 1. The summed E-state index contributed by atoms with van der Waals surface area (Å²) in [6.07, 6.45) is 0. The van der Waals surface area contributed by atoms with E-state index < -0.39 is 11.7 Å². The van der Waals surface area contributed by atoms with E-state index in [9.17, 15) is 9.59 Å². The summed E-state index contributed by atoms with van der Waals surface area (Å²) in [5.41, 5.74) is 0.460. The van der Waals surface area contributed by atoms with Crippen molar-refractivity contribution >= 4 is 40.6 Å². The molecule has 1 aromatic carbocycles. The molecule has 0 aliphatic rings. The molecule has 1 rings (SSSR count). The molecule has 0 bridgehead atoms. The van der Waals surface area contributed by atoms with E-state index in [1.54, 1.807) is 12.1 Å². The number of nitrogens with zero attached hydrogens (tertiary/aromatic N) is 1. The normalized spacial score (nSPS) is 9.87. The van der Waals surface area contributed by atoms with E-state index in [-0.39, 0.29) is 0 Å². The molecule has 0 saturated heterocycles. The number of ketones is 1. The first kappa shape index (κ1) is 12.0. The van der Waals surface area contributed by atoms with Gasteiger partial charge in [0.2, 0.25) is 5.78 Å². The maximum absolute atomic E-state index is 11.4. The quantitative estimate of drug-likeness (QED) is 0.752.